The fourth-order valence-corrected chi connectivity index (χ4v) is 4.29. The minimum absolute atomic E-state index is 0.0212. The summed E-state index contributed by atoms with van der Waals surface area (Å²) in [5.41, 5.74) is 0.0212. The van der Waals surface area contributed by atoms with Gasteiger partial charge in [-0.2, -0.15) is 0 Å². The van der Waals surface area contributed by atoms with Crippen LogP contribution in [0.1, 0.15) is 25.7 Å². The van der Waals surface area contributed by atoms with E-state index < -0.39 is 0 Å². The van der Waals surface area contributed by atoms with E-state index in [1.54, 1.807) is 0 Å². The molecule has 0 bridgehead atoms. The number of likely N-dealkylation sites (tertiary alicyclic amines) is 2. The molecule has 4 nitrogen and oxygen atoms in total. The lowest BCUT2D eigenvalue weighted by Crippen LogP contribution is -2.54. The van der Waals surface area contributed by atoms with Crippen molar-refractivity contribution in [2.24, 2.45) is 11.3 Å². The molecule has 3 fully saturated rings. The quantitative estimate of drug-likeness (QED) is 0.821. The van der Waals surface area contributed by atoms with Gasteiger partial charge in [-0.25, -0.2) is 0 Å². The van der Waals surface area contributed by atoms with Crippen LogP contribution in [-0.2, 0) is 4.74 Å². The highest BCUT2D eigenvalue weighted by atomic mass is 16.5. The summed E-state index contributed by atoms with van der Waals surface area (Å²) in [4.78, 5) is 5.15. The summed E-state index contributed by atoms with van der Waals surface area (Å²) < 4.78 is 5.52. The van der Waals surface area contributed by atoms with Gasteiger partial charge in [0.1, 0.15) is 0 Å². The molecule has 3 rings (SSSR count). The van der Waals surface area contributed by atoms with Gasteiger partial charge in [0.25, 0.3) is 0 Å². The highest BCUT2D eigenvalue weighted by molar-refractivity contribution is 4.93. The summed E-state index contributed by atoms with van der Waals surface area (Å²) >= 11 is 0. The fraction of sp³-hybridized carbons (Fsp3) is 1.00. The SMILES string of the molecule is CN1CCCC2CN(CC3(CO)CCOC3)CCC21. The van der Waals surface area contributed by atoms with Gasteiger partial charge >= 0.3 is 0 Å². The number of piperidine rings is 2. The average Bonchev–Trinajstić information content (AvgIpc) is 2.88. The Balaban J connectivity index is 1.58. The molecule has 0 aromatic carbocycles. The maximum atomic E-state index is 9.71. The lowest BCUT2D eigenvalue weighted by atomic mass is 9.82. The molecule has 0 saturated carbocycles. The smallest absolute Gasteiger partial charge is 0.0557 e. The van der Waals surface area contributed by atoms with Crippen LogP contribution in [-0.4, -0.2) is 74.0 Å². The molecule has 0 radical (unpaired) electrons. The highest BCUT2D eigenvalue weighted by Crippen LogP contribution is 2.34. The third-order valence-electron chi connectivity index (χ3n) is 5.51. The monoisotopic (exact) mass is 268 g/mol. The molecular weight excluding hydrogens is 240 g/mol. The summed E-state index contributed by atoms with van der Waals surface area (Å²) in [7, 11) is 2.28. The van der Waals surface area contributed by atoms with Gasteiger partial charge in [-0.05, 0) is 51.7 Å². The minimum atomic E-state index is 0.0212. The minimum Gasteiger partial charge on any atom is -0.396 e. The summed E-state index contributed by atoms with van der Waals surface area (Å²) in [5.74, 6) is 0.838. The van der Waals surface area contributed by atoms with Crippen molar-refractivity contribution in [1.82, 2.24) is 9.80 Å². The zero-order valence-corrected chi connectivity index (χ0v) is 12.2. The third kappa shape index (κ3) is 2.82. The Bertz CT molecular complexity index is 305. The van der Waals surface area contributed by atoms with Crippen LogP contribution >= 0.6 is 0 Å². The van der Waals surface area contributed by atoms with E-state index in [9.17, 15) is 5.11 Å². The molecule has 0 aromatic heterocycles. The van der Waals surface area contributed by atoms with Gasteiger partial charge in [0.2, 0.25) is 0 Å². The number of fused-ring (bicyclic) bond motifs is 1. The van der Waals surface area contributed by atoms with Crippen LogP contribution in [0.2, 0.25) is 0 Å². The largest absolute Gasteiger partial charge is 0.396 e. The van der Waals surface area contributed by atoms with Crippen LogP contribution in [0.15, 0.2) is 0 Å². The molecule has 3 unspecified atom stereocenters. The summed E-state index contributed by atoms with van der Waals surface area (Å²) in [6.45, 7) is 6.55. The van der Waals surface area contributed by atoms with Gasteiger partial charge < -0.3 is 19.6 Å². The lowest BCUT2D eigenvalue weighted by Gasteiger charge is -2.47. The Morgan fingerprint density at radius 2 is 2.21 bits per heavy atom. The first-order valence-electron chi connectivity index (χ1n) is 7.84. The van der Waals surface area contributed by atoms with E-state index >= 15 is 0 Å². The van der Waals surface area contributed by atoms with Crippen molar-refractivity contribution in [2.45, 2.75) is 31.7 Å². The molecule has 3 aliphatic rings. The van der Waals surface area contributed by atoms with Crippen molar-refractivity contribution in [3.05, 3.63) is 0 Å². The number of hydrogen-bond acceptors (Lipinski definition) is 4. The van der Waals surface area contributed by atoms with E-state index in [0.29, 0.717) is 0 Å². The third-order valence-corrected chi connectivity index (χ3v) is 5.51. The molecule has 110 valence electrons. The van der Waals surface area contributed by atoms with Gasteiger partial charge in [0.05, 0.1) is 13.2 Å². The van der Waals surface area contributed by atoms with E-state index in [2.05, 4.69) is 16.8 Å². The highest BCUT2D eigenvalue weighted by Gasteiger charge is 2.40. The van der Waals surface area contributed by atoms with E-state index in [0.717, 1.165) is 38.1 Å². The Kier molecular flexibility index (Phi) is 4.13. The second-order valence-corrected chi connectivity index (χ2v) is 6.93. The molecule has 3 heterocycles. The molecule has 4 heteroatoms. The Labute approximate surface area is 116 Å². The van der Waals surface area contributed by atoms with Crippen LogP contribution in [0.25, 0.3) is 0 Å². The predicted molar refractivity (Wildman–Crippen MR) is 75.2 cm³/mol. The second kappa shape index (κ2) is 5.68. The zero-order valence-electron chi connectivity index (χ0n) is 12.2. The summed E-state index contributed by atoms with van der Waals surface area (Å²) in [5, 5.41) is 9.71. The Morgan fingerprint density at radius 3 is 2.95 bits per heavy atom. The number of ether oxygens (including phenoxy) is 1. The summed E-state index contributed by atoms with van der Waals surface area (Å²) in [6.07, 6.45) is 5.05. The normalized spacial score (nSPS) is 41.4. The molecule has 1 N–H and O–H groups in total. The second-order valence-electron chi connectivity index (χ2n) is 6.93. The van der Waals surface area contributed by atoms with Crippen LogP contribution in [0, 0.1) is 11.3 Å². The van der Waals surface area contributed by atoms with Crippen LogP contribution in [0.5, 0.6) is 0 Å². The summed E-state index contributed by atoms with van der Waals surface area (Å²) in [6, 6.07) is 0.801. The zero-order chi connectivity index (χ0) is 13.3. The van der Waals surface area contributed by atoms with Crippen molar-refractivity contribution >= 4 is 0 Å². The van der Waals surface area contributed by atoms with Crippen molar-refractivity contribution in [3.63, 3.8) is 0 Å². The van der Waals surface area contributed by atoms with Crippen molar-refractivity contribution in [2.75, 3.05) is 53.0 Å². The first-order valence-corrected chi connectivity index (χ1v) is 7.84. The van der Waals surface area contributed by atoms with Crippen LogP contribution < -0.4 is 0 Å². The van der Waals surface area contributed by atoms with E-state index in [4.69, 9.17) is 4.74 Å². The fourth-order valence-electron chi connectivity index (χ4n) is 4.29. The van der Waals surface area contributed by atoms with Crippen molar-refractivity contribution in [1.29, 1.82) is 0 Å². The maximum absolute atomic E-state index is 9.71. The van der Waals surface area contributed by atoms with E-state index in [1.165, 1.54) is 38.9 Å². The molecule has 3 aliphatic heterocycles. The van der Waals surface area contributed by atoms with Gasteiger partial charge in [-0.3, -0.25) is 0 Å². The molecule has 0 aliphatic carbocycles. The molecule has 0 aromatic rings. The molecule has 3 atom stereocenters. The number of rotatable bonds is 3. The lowest BCUT2D eigenvalue weighted by molar-refractivity contribution is 0.00168. The Hall–Kier alpha value is -0.160. The molecular formula is C15H28N2O2. The first-order chi connectivity index (χ1) is 9.22. The predicted octanol–water partition coefficient (Wildman–Crippen LogP) is 0.802. The first kappa shape index (κ1) is 13.8. The number of aliphatic hydroxyl groups excluding tert-OH is 1. The molecule has 19 heavy (non-hydrogen) atoms. The Morgan fingerprint density at radius 1 is 1.32 bits per heavy atom. The number of aliphatic hydroxyl groups is 1. The maximum Gasteiger partial charge on any atom is 0.0557 e. The van der Waals surface area contributed by atoms with E-state index in [-0.39, 0.29) is 12.0 Å². The van der Waals surface area contributed by atoms with Gasteiger partial charge in [0, 0.05) is 31.2 Å². The standard InChI is InChI=1S/C15H28N2O2/c1-16-6-2-3-13-9-17(7-4-14(13)16)10-15(11-18)5-8-19-12-15/h13-14,18H,2-12H2,1H3. The van der Waals surface area contributed by atoms with Crippen LogP contribution in [0.3, 0.4) is 0 Å². The molecule has 0 amide bonds. The van der Waals surface area contributed by atoms with E-state index in [1.807, 2.05) is 0 Å². The van der Waals surface area contributed by atoms with Gasteiger partial charge in [-0.1, -0.05) is 0 Å². The molecule has 0 spiro atoms. The van der Waals surface area contributed by atoms with Gasteiger partial charge in [-0.15, -0.1) is 0 Å². The van der Waals surface area contributed by atoms with Crippen LogP contribution in [0.4, 0.5) is 0 Å². The molecule has 3 saturated heterocycles. The van der Waals surface area contributed by atoms with Crippen molar-refractivity contribution in [3.8, 4) is 0 Å². The average molecular weight is 268 g/mol. The topological polar surface area (TPSA) is 35.9 Å². The number of hydrogen-bond donors (Lipinski definition) is 1. The van der Waals surface area contributed by atoms with Crippen molar-refractivity contribution < 1.29 is 9.84 Å². The van der Waals surface area contributed by atoms with Gasteiger partial charge in [0.15, 0.2) is 0 Å². The number of nitrogens with zero attached hydrogens (tertiary/aromatic N) is 2.